The van der Waals surface area contributed by atoms with Crippen molar-refractivity contribution in [3.8, 4) is 0 Å². The monoisotopic (exact) mass is 310 g/mol. The van der Waals surface area contributed by atoms with Crippen LogP contribution < -0.4 is 5.32 Å². The number of hydrogen-bond acceptors (Lipinski definition) is 2. The molecule has 1 saturated heterocycles. The molecule has 0 radical (unpaired) electrons. The number of nitrogens with zero attached hydrogens (tertiary/aromatic N) is 1. The molecular weight excluding hydrogens is 288 g/mol. The van der Waals surface area contributed by atoms with Crippen molar-refractivity contribution in [3.63, 3.8) is 0 Å². The second-order valence-electron chi connectivity index (χ2n) is 5.45. The van der Waals surface area contributed by atoms with Crippen molar-refractivity contribution in [2.24, 2.45) is 5.92 Å². The molecule has 1 fully saturated rings. The molecule has 1 heterocycles. The molecule has 1 atom stereocenters. The molecule has 100 valence electrons. The van der Waals surface area contributed by atoms with E-state index in [9.17, 15) is 0 Å². The van der Waals surface area contributed by atoms with E-state index >= 15 is 0 Å². The van der Waals surface area contributed by atoms with E-state index in [1.54, 1.807) is 0 Å². The first-order valence-electron chi connectivity index (χ1n) is 6.87. The van der Waals surface area contributed by atoms with Crippen LogP contribution in [0, 0.1) is 5.92 Å². The number of halogens is 1. The average Bonchev–Trinajstić information content (AvgIpc) is 2.38. The van der Waals surface area contributed by atoms with E-state index in [2.05, 4.69) is 64.3 Å². The average molecular weight is 311 g/mol. The van der Waals surface area contributed by atoms with Gasteiger partial charge in [0.15, 0.2) is 0 Å². The van der Waals surface area contributed by atoms with Crippen molar-refractivity contribution in [2.75, 3.05) is 26.2 Å². The van der Waals surface area contributed by atoms with Crippen LogP contribution in [0.3, 0.4) is 0 Å². The third-order valence-electron chi connectivity index (χ3n) is 3.55. The molecule has 0 amide bonds. The minimum absolute atomic E-state index is 0.544. The van der Waals surface area contributed by atoms with Gasteiger partial charge in [-0.3, -0.25) is 4.90 Å². The summed E-state index contributed by atoms with van der Waals surface area (Å²) in [5, 5.41) is 3.44. The summed E-state index contributed by atoms with van der Waals surface area (Å²) in [5.41, 5.74) is 1.44. The summed E-state index contributed by atoms with van der Waals surface area (Å²) in [6.07, 6.45) is 1.22. The van der Waals surface area contributed by atoms with Crippen molar-refractivity contribution in [1.29, 1.82) is 0 Å². The molecule has 0 aliphatic carbocycles. The van der Waals surface area contributed by atoms with E-state index in [0.717, 1.165) is 32.1 Å². The van der Waals surface area contributed by atoms with E-state index in [-0.39, 0.29) is 0 Å². The maximum Gasteiger partial charge on any atom is 0.0362 e. The third-order valence-corrected chi connectivity index (χ3v) is 4.27. The predicted octanol–water partition coefficient (Wildman–Crippen LogP) is 3.44. The van der Waals surface area contributed by atoms with Crippen molar-refractivity contribution in [3.05, 3.63) is 34.3 Å². The molecule has 1 aromatic rings. The van der Waals surface area contributed by atoms with Crippen LogP contribution in [-0.4, -0.2) is 31.1 Å². The van der Waals surface area contributed by atoms with Gasteiger partial charge in [0, 0.05) is 36.7 Å². The van der Waals surface area contributed by atoms with Gasteiger partial charge in [-0.2, -0.15) is 0 Å². The standard InChI is InChI=1S/C15H23BrN2/c1-12(2)11-15(18-9-7-17-8-10-18)13-5-3-4-6-14(13)16/h3-6,12,15,17H,7-11H2,1-2H3/t15-/m0/s1. The van der Waals surface area contributed by atoms with E-state index in [1.165, 1.54) is 16.5 Å². The molecule has 2 nitrogen and oxygen atoms in total. The highest BCUT2D eigenvalue weighted by Gasteiger charge is 2.24. The molecule has 1 aliphatic heterocycles. The lowest BCUT2D eigenvalue weighted by Gasteiger charge is -2.36. The molecule has 18 heavy (non-hydrogen) atoms. The Morgan fingerprint density at radius 1 is 1.22 bits per heavy atom. The van der Waals surface area contributed by atoms with Gasteiger partial charge in [-0.1, -0.05) is 48.0 Å². The fourth-order valence-corrected chi connectivity index (χ4v) is 3.21. The zero-order valence-corrected chi connectivity index (χ0v) is 12.9. The molecule has 0 spiro atoms. The third kappa shape index (κ3) is 3.56. The minimum Gasteiger partial charge on any atom is -0.314 e. The maximum absolute atomic E-state index is 3.71. The lowest BCUT2D eigenvalue weighted by Crippen LogP contribution is -2.45. The Bertz CT molecular complexity index is 373. The molecule has 0 saturated carbocycles. The van der Waals surface area contributed by atoms with Gasteiger partial charge < -0.3 is 5.32 Å². The van der Waals surface area contributed by atoms with Crippen molar-refractivity contribution >= 4 is 15.9 Å². The van der Waals surface area contributed by atoms with Crippen molar-refractivity contribution < 1.29 is 0 Å². The highest BCUT2D eigenvalue weighted by molar-refractivity contribution is 9.10. The Hall–Kier alpha value is -0.380. The van der Waals surface area contributed by atoms with E-state index < -0.39 is 0 Å². The first kappa shape index (κ1) is 14.0. The molecule has 0 unspecified atom stereocenters. The van der Waals surface area contributed by atoms with Crippen LogP contribution >= 0.6 is 15.9 Å². The summed E-state index contributed by atoms with van der Waals surface area (Å²) in [7, 11) is 0. The summed E-state index contributed by atoms with van der Waals surface area (Å²) < 4.78 is 1.24. The van der Waals surface area contributed by atoms with E-state index in [1.807, 2.05) is 0 Å². The minimum atomic E-state index is 0.544. The van der Waals surface area contributed by atoms with Gasteiger partial charge in [0.2, 0.25) is 0 Å². The second-order valence-corrected chi connectivity index (χ2v) is 6.31. The zero-order chi connectivity index (χ0) is 13.0. The Morgan fingerprint density at radius 2 is 1.89 bits per heavy atom. The van der Waals surface area contributed by atoms with Crippen LogP contribution in [0.5, 0.6) is 0 Å². The summed E-state index contributed by atoms with van der Waals surface area (Å²) in [6, 6.07) is 9.21. The summed E-state index contributed by atoms with van der Waals surface area (Å²) in [6.45, 7) is 9.15. The lowest BCUT2D eigenvalue weighted by atomic mass is 9.95. The molecular formula is C15H23BrN2. The largest absolute Gasteiger partial charge is 0.314 e. The highest BCUT2D eigenvalue weighted by Crippen LogP contribution is 2.32. The highest BCUT2D eigenvalue weighted by atomic mass is 79.9. The molecule has 2 rings (SSSR count). The quantitative estimate of drug-likeness (QED) is 0.916. The van der Waals surface area contributed by atoms with Crippen LogP contribution in [-0.2, 0) is 0 Å². The zero-order valence-electron chi connectivity index (χ0n) is 11.3. The topological polar surface area (TPSA) is 15.3 Å². The number of benzene rings is 1. The normalized spacial score (nSPS) is 19.1. The van der Waals surface area contributed by atoms with E-state index in [4.69, 9.17) is 0 Å². The van der Waals surface area contributed by atoms with Crippen molar-refractivity contribution in [1.82, 2.24) is 10.2 Å². The smallest absolute Gasteiger partial charge is 0.0362 e. The van der Waals surface area contributed by atoms with Crippen molar-refractivity contribution in [2.45, 2.75) is 26.3 Å². The van der Waals surface area contributed by atoms with Gasteiger partial charge in [-0.15, -0.1) is 0 Å². The van der Waals surface area contributed by atoms with E-state index in [0.29, 0.717) is 6.04 Å². The van der Waals surface area contributed by atoms with Gasteiger partial charge >= 0.3 is 0 Å². The molecule has 1 aliphatic rings. The molecule has 1 aromatic carbocycles. The number of rotatable bonds is 4. The second kappa shape index (κ2) is 6.69. The Kier molecular flexibility index (Phi) is 5.22. The Morgan fingerprint density at radius 3 is 2.50 bits per heavy atom. The number of hydrogen-bond donors (Lipinski definition) is 1. The first-order chi connectivity index (χ1) is 8.68. The molecule has 3 heteroatoms. The Labute approximate surface area is 119 Å². The van der Waals surface area contributed by atoms with Gasteiger partial charge in [0.05, 0.1) is 0 Å². The molecule has 0 bridgehead atoms. The summed E-state index contributed by atoms with van der Waals surface area (Å²) in [5.74, 6) is 0.719. The van der Waals surface area contributed by atoms with Crippen LogP contribution in [0.15, 0.2) is 28.7 Å². The van der Waals surface area contributed by atoms with Gasteiger partial charge in [-0.05, 0) is 24.0 Å². The summed E-state index contributed by atoms with van der Waals surface area (Å²) >= 11 is 3.71. The fraction of sp³-hybridized carbons (Fsp3) is 0.600. The predicted molar refractivity (Wildman–Crippen MR) is 80.8 cm³/mol. The maximum atomic E-state index is 3.71. The van der Waals surface area contributed by atoms with Crippen LogP contribution in [0.4, 0.5) is 0 Å². The lowest BCUT2D eigenvalue weighted by molar-refractivity contribution is 0.153. The fourth-order valence-electron chi connectivity index (χ4n) is 2.66. The first-order valence-corrected chi connectivity index (χ1v) is 7.67. The van der Waals surface area contributed by atoms with Crippen LogP contribution in [0.25, 0.3) is 0 Å². The molecule has 0 aromatic heterocycles. The summed E-state index contributed by atoms with van der Waals surface area (Å²) in [4.78, 5) is 2.62. The van der Waals surface area contributed by atoms with Crippen LogP contribution in [0.1, 0.15) is 31.9 Å². The van der Waals surface area contributed by atoms with Gasteiger partial charge in [0.25, 0.3) is 0 Å². The van der Waals surface area contributed by atoms with Crippen LogP contribution in [0.2, 0.25) is 0 Å². The number of nitrogens with one attached hydrogen (secondary N) is 1. The van der Waals surface area contributed by atoms with Gasteiger partial charge in [-0.25, -0.2) is 0 Å². The SMILES string of the molecule is CC(C)C[C@@H](c1ccccc1Br)N1CCNCC1. The number of piperazine rings is 1. The Balaban J connectivity index is 2.21. The molecule has 1 N–H and O–H groups in total. The van der Waals surface area contributed by atoms with Gasteiger partial charge in [0.1, 0.15) is 0 Å².